The van der Waals surface area contributed by atoms with Gasteiger partial charge in [-0.25, -0.2) is 4.98 Å². The molecular formula is C21H22ClN5O2. The molecule has 1 aliphatic rings. The molecule has 2 N–H and O–H groups in total. The van der Waals surface area contributed by atoms with Crippen LogP contribution in [0.1, 0.15) is 24.0 Å². The molecule has 0 radical (unpaired) electrons. The third-order valence-electron chi connectivity index (χ3n) is 5.09. The van der Waals surface area contributed by atoms with Crippen LogP contribution in [0.15, 0.2) is 36.5 Å². The molecule has 2 heterocycles. The van der Waals surface area contributed by atoms with Crippen molar-refractivity contribution in [2.45, 2.75) is 19.8 Å². The number of nitrogens with zero attached hydrogens (tertiary/aromatic N) is 3. The van der Waals surface area contributed by atoms with Gasteiger partial charge < -0.3 is 15.5 Å². The Morgan fingerprint density at radius 1 is 1.24 bits per heavy atom. The maximum atomic E-state index is 12.1. The second-order valence-electron chi connectivity index (χ2n) is 6.99. The number of piperidine rings is 1. The minimum Gasteiger partial charge on any atom is -0.356 e. The molecule has 0 spiro atoms. The van der Waals surface area contributed by atoms with Crippen LogP contribution < -0.4 is 15.5 Å². The number of amides is 2. The molecule has 1 aliphatic heterocycles. The van der Waals surface area contributed by atoms with E-state index in [0.717, 1.165) is 25.9 Å². The van der Waals surface area contributed by atoms with Gasteiger partial charge in [0.25, 0.3) is 0 Å². The Bertz CT molecular complexity index is 948. The van der Waals surface area contributed by atoms with Crippen molar-refractivity contribution in [1.29, 1.82) is 5.26 Å². The Hall–Kier alpha value is -3.11. The van der Waals surface area contributed by atoms with Crippen LogP contribution in [-0.2, 0) is 9.59 Å². The van der Waals surface area contributed by atoms with E-state index in [1.807, 2.05) is 0 Å². The molecule has 0 bridgehead atoms. The fraction of sp³-hybridized carbons (Fsp3) is 0.333. The number of anilines is 2. The van der Waals surface area contributed by atoms with Gasteiger partial charge in [-0.1, -0.05) is 17.7 Å². The van der Waals surface area contributed by atoms with Crippen LogP contribution in [0, 0.1) is 24.2 Å². The number of nitrogens with one attached hydrogen (secondary N) is 2. The number of aromatic nitrogens is 1. The molecule has 3 rings (SSSR count). The van der Waals surface area contributed by atoms with Crippen LogP contribution in [-0.4, -0.2) is 36.4 Å². The first-order chi connectivity index (χ1) is 14.0. The van der Waals surface area contributed by atoms with Gasteiger partial charge in [-0.05, 0) is 55.5 Å². The zero-order chi connectivity index (χ0) is 20.8. The van der Waals surface area contributed by atoms with E-state index in [-0.39, 0.29) is 5.92 Å². The van der Waals surface area contributed by atoms with Gasteiger partial charge in [0.15, 0.2) is 0 Å². The van der Waals surface area contributed by atoms with E-state index in [1.165, 1.54) is 0 Å². The fourth-order valence-electron chi connectivity index (χ4n) is 3.32. The maximum absolute atomic E-state index is 12.1. The van der Waals surface area contributed by atoms with Gasteiger partial charge in [-0.2, -0.15) is 5.26 Å². The van der Waals surface area contributed by atoms with Gasteiger partial charge in [0.05, 0.1) is 5.56 Å². The highest BCUT2D eigenvalue weighted by atomic mass is 35.5. The Balaban J connectivity index is 1.47. The number of carbonyl (C=O) groups is 2. The van der Waals surface area contributed by atoms with Gasteiger partial charge in [0, 0.05) is 36.5 Å². The van der Waals surface area contributed by atoms with Crippen molar-refractivity contribution in [3.8, 4) is 6.07 Å². The molecule has 0 unspecified atom stereocenters. The van der Waals surface area contributed by atoms with Crippen LogP contribution in [0.4, 0.5) is 11.5 Å². The van der Waals surface area contributed by atoms with Crippen molar-refractivity contribution in [3.05, 3.63) is 52.7 Å². The third-order valence-corrected chi connectivity index (χ3v) is 5.50. The van der Waals surface area contributed by atoms with Gasteiger partial charge in [-0.3, -0.25) is 9.59 Å². The Morgan fingerprint density at radius 2 is 2.00 bits per heavy atom. The minimum absolute atomic E-state index is 0.269. The summed E-state index contributed by atoms with van der Waals surface area (Å²) in [5.41, 5.74) is 1.80. The molecule has 7 nitrogen and oxygen atoms in total. The van der Waals surface area contributed by atoms with Crippen molar-refractivity contribution in [2.24, 2.45) is 5.92 Å². The van der Waals surface area contributed by atoms with Gasteiger partial charge >= 0.3 is 11.8 Å². The molecule has 1 saturated heterocycles. The predicted molar refractivity (Wildman–Crippen MR) is 112 cm³/mol. The average molecular weight is 412 g/mol. The van der Waals surface area contributed by atoms with Gasteiger partial charge in [0.1, 0.15) is 11.9 Å². The van der Waals surface area contributed by atoms with E-state index in [0.29, 0.717) is 34.2 Å². The summed E-state index contributed by atoms with van der Waals surface area (Å²) >= 11 is 6.04. The quantitative estimate of drug-likeness (QED) is 0.754. The summed E-state index contributed by atoms with van der Waals surface area (Å²) in [6.07, 6.45) is 3.37. The van der Waals surface area contributed by atoms with Crippen molar-refractivity contribution in [3.63, 3.8) is 0 Å². The highest BCUT2D eigenvalue weighted by Crippen LogP contribution is 2.24. The number of halogens is 1. The van der Waals surface area contributed by atoms with Crippen molar-refractivity contribution < 1.29 is 9.59 Å². The van der Waals surface area contributed by atoms with Crippen molar-refractivity contribution >= 4 is 34.9 Å². The number of hydrogen-bond donors (Lipinski definition) is 2. The van der Waals surface area contributed by atoms with Gasteiger partial charge in [0.2, 0.25) is 0 Å². The summed E-state index contributed by atoms with van der Waals surface area (Å²) in [7, 11) is 0. The first-order valence-electron chi connectivity index (χ1n) is 9.44. The van der Waals surface area contributed by atoms with Crippen LogP contribution in [0.3, 0.4) is 0 Å². The number of carbonyl (C=O) groups excluding carboxylic acids is 2. The van der Waals surface area contributed by atoms with Crippen LogP contribution in [0.2, 0.25) is 5.02 Å². The molecule has 1 aromatic heterocycles. The zero-order valence-electron chi connectivity index (χ0n) is 16.1. The fourth-order valence-corrected chi connectivity index (χ4v) is 3.50. The smallest absolute Gasteiger partial charge is 0.313 e. The van der Waals surface area contributed by atoms with E-state index in [9.17, 15) is 14.9 Å². The summed E-state index contributed by atoms with van der Waals surface area (Å²) in [4.78, 5) is 30.7. The Labute approximate surface area is 174 Å². The SMILES string of the molecule is Cc1c(Cl)cccc1NC(=O)C(=O)NCC1CCN(c2ncccc2C#N)CC1. The molecule has 0 atom stereocenters. The van der Waals surface area contributed by atoms with Crippen molar-refractivity contribution in [2.75, 3.05) is 29.9 Å². The lowest BCUT2D eigenvalue weighted by Gasteiger charge is -2.33. The first-order valence-corrected chi connectivity index (χ1v) is 9.81. The molecular weight excluding hydrogens is 390 g/mol. The Morgan fingerprint density at radius 3 is 2.72 bits per heavy atom. The van der Waals surface area contributed by atoms with E-state index in [4.69, 9.17) is 11.6 Å². The lowest BCUT2D eigenvalue weighted by Crippen LogP contribution is -2.42. The van der Waals surface area contributed by atoms with Crippen molar-refractivity contribution in [1.82, 2.24) is 10.3 Å². The van der Waals surface area contributed by atoms with E-state index in [2.05, 4.69) is 26.6 Å². The van der Waals surface area contributed by atoms with Crippen LogP contribution in [0.5, 0.6) is 0 Å². The lowest BCUT2D eigenvalue weighted by atomic mass is 9.96. The predicted octanol–water partition coefficient (Wildman–Crippen LogP) is 2.89. The number of rotatable bonds is 4. The van der Waals surface area contributed by atoms with E-state index >= 15 is 0 Å². The molecule has 29 heavy (non-hydrogen) atoms. The largest absolute Gasteiger partial charge is 0.356 e. The summed E-state index contributed by atoms with van der Waals surface area (Å²) in [5.74, 6) is -0.401. The summed E-state index contributed by atoms with van der Waals surface area (Å²) in [6.45, 7) is 3.71. The topological polar surface area (TPSA) is 98.1 Å². The molecule has 150 valence electrons. The van der Waals surface area contributed by atoms with E-state index < -0.39 is 11.8 Å². The molecule has 0 saturated carbocycles. The summed E-state index contributed by atoms with van der Waals surface area (Å²) in [5, 5.41) is 15.1. The highest BCUT2D eigenvalue weighted by molar-refractivity contribution is 6.40. The zero-order valence-corrected chi connectivity index (χ0v) is 16.9. The molecule has 2 amide bonds. The third kappa shape index (κ3) is 5.04. The second kappa shape index (κ2) is 9.39. The molecule has 1 aromatic carbocycles. The monoisotopic (exact) mass is 411 g/mol. The molecule has 0 aliphatic carbocycles. The number of nitriles is 1. The standard InChI is InChI=1S/C21H22ClN5O2/c1-14-17(22)5-2-6-18(14)26-21(29)20(28)25-13-15-7-10-27(11-8-15)19-16(12-23)4-3-9-24-19/h2-6,9,15H,7-8,10-11,13H2,1H3,(H,25,28)(H,26,29). The number of benzene rings is 1. The summed E-state index contributed by atoms with van der Waals surface area (Å²) in [6, 6.07) is 10.8. The minimum atomic E-state index is -0.708. The molecule has 1 fully saturated rings. The normalized spacial score (nSPS) is 14.2. The maximum Gasteiger partial charge on any atom is 0.313 e. The van der Waals surface area contributed by atoms with Crippen LogP contribution >= 0.6 is 11.6 Å². The Kier molecular flexibility index (Phi) is 6.68. The molecule has 2 aromatic rings. The lowest BCUT2D eigenvalue weighted by molar-refractivity contribution is -0.136. The average Bonchev–Trinajstić information content (AvgIpc) is 2.75. The van der Waals surface area contributed by atoms with Gasteiger partial charge in [-0.15, -0.1) is 0 Å². The number of hydrogen-bond acceptors (Lipinski definition) is 5. The molecule has 8 heteroatoms. The number of pyridine rings is 1. The first kappa shape index (κ1) is 20.6. The van der Waals surface area contributed by atoms with E-state index in [1.54, 1.807) is 43.5 Å². The van der Waals surface area contributed by atoms with Crippen LogP contribution in [0.25, 0.3) is 0 Å². The second-order valence-corrected chi connectivity index (χ2v) is 7.40. The summed E-state index contributed by atoms with van der Waals surface area (Å²) < 4.78 is 0. The highest BCUT2D eigenvalue weighted by Gasteiger charge is 2.23.